The van der Waals surface area contributed by atoms with Gasteiger partial charge in [-0.1, -0.05) is 53.5 Å². The summed E-state index contributed by atoms with van der Waals surface area (Å²) in [6.45, 7) is 2.35. The maximum absolute atomic E-state index is 5.81. The van der Waals surface area contributed by atoms with Crippen molar-refractivity contribution in [3.8, 4) is 0 Å². The summed E-state index contributed by atoms with van der Waals surface area (Å²) < 4.78 is 0. The van der Waals surface area contributed by atoms with Crippen LogP contribution in [0.5, 0.6) is 0 Å². The highest BCUT2D eigenvalue weighted by Crippen LogP contribution is 2.05. The second-order valence-electron chi connectivity index (χ2n) is 2.86. The van der Waals surface area contributed by atoms with Gasteiger partial charge in [0.1, 0.15) is 5.17 Å². The van der Waals surface area contributed by atoms with Crippen LogP contribution in [0, 0.1) is 0 Å². The lowest BCUT2D eigenvalue weighted by molar-refractivity contribution is 1.08. The van der Waals surface area contributed by atoms with Crippen molar-refractivity contribution in [2.75, 3.05) is 0 Å². The molecule has 0 heterocycles. The Morgan fingerprint density at radius 2 is 1.93 bits per heavy atom. The molecule has 0 aliphatic carbocycles. The van der Waals surface area contributed by atoms with Gasteiger partial charge >= 0.3 is 0 Å². The standard InChI is InChI=1S/C11H11Cl2N/c1-9(12)7-11(13)14-8-10-5-3-2-4-6-10/h2-7H,8H2,1H3/b9-7+,14-11?. The Labute approximate surface area is 94.1 Å². The first-order valence-corrected chi connectivity index (χ1v) is 5.02. The van der Waals surface area contributed by atoms with E-state index in [0.717, 1.165) is 5.56 Å². The molecular weight excluding hydrogens is 217 g/mol. The summed E-state index contributed by atoms with van der Waals surface area (Å²) in [4.78, 5) is 4.16. The second-order valence-corrected chi connectivity index (χ2v) is 3.84. The molecule has 0 saturated carbocycles. The number of rotatable bonds is 3. The molecule has 0 aliphatic rings. The number of benzene rings is 1. The molecule has 14 heavy (non-hydrogen) atoms. The van der Waals surface area contributed by atoms with Gasteiger partial charge in [-0.05, 0) is 18.6 Å². The Balaban J connectivity index is 2.60. The van der Waals surface area contributed by atoms with Gasteiger partial charge in [-0.25, -0.2) is 0 Å². The van der Waals surface area contributed by atoms with Crippen molar-refractivity contribution in [1.82, 2.24) is 0 Å². The lowest BCUT2D eigenvalue weighted by Gasteiger charge is -1.95. The van der Waals surface area contributed by atoms with Crippen LogP contribution in [0.2, 0.25) is 0 Å². The van der Waals surface area contributed by atoms with Gasteiger partial charge in [-0.3, -0.25) is 4.99 Å². The van der Waals surface area contributed by atoms with Crippen LogP contribution in [0.25, 0.3) is 0 Å². The first-order valence-electron chi connectivity index (χ1n) is 4.26. The first kappa shape index (κ1) is 11.3. The molecule has 0 saturated heterocycles. The van der Waals surface area contributed by atoms with Gasteiger partial charge in [0.15, 0.2) is 0 Å². The zero-order valence-corrected chi connectivity index (χ0v) is 9.39. The fourth-order valence-electron chi connectivity index (χ4n) is 0.960. The Bertz CT molecular complexity index is 338. The zero-order valence-electron chi connectivity index (χ0n) is 7.87. The third-order valence-corrected chi connectivity index (χ3v) is 1.91. The van der Waals surface area contributed by atoms with Gasteiger partial charge in [0.05, 0.1) is 6.54 Å². The smallest absolute Gasteiger partial charge is 0.125 e. The molecule has 1 aromatic carbocycles. The summed E-state index contributed by atoms with van der Waals surface area (Å²) >= 11 is 11.5. The molecule has 1 nitrogen and oxygen atoms in total. The lowest BCUT2D eigenvalue weighted by Crippen LogP contribution is -1.85. The van der Waals surface area contributed by atoms with Gasteiger partial charge < -0.3 is 0 Å². The van der Waals surface area contributed by atoms with E-state index >= 15 is 0 Å². The summed E-state index contributed by atoms with van der Waals surface area (Å²) in [5, 5.41) is 1.06. The van der Waals surface area contributed by atoms with E-state index in [1.807, 2.05) is 30.3 Å². The molecule has 74 valence electrons. The van der Waals surface area contributed by atoms with Crippen LogP contribution in [0.3, 0.4) is 0 Å². The molecule has 0 atom stereocenters. The van der Waals surface area contributed by atoms with Gasteiger partial charge in [-0.15, -0.1) is 0 Å². The maximum Gasteiger partial charge on any atom is 0.125 e. The van der Waals surface area contributed by atoms with Crippen LogP contribution < -0.4 is 0 Å². The molecule has 0 bridgehead atoms. The summed E-state index contributed by atoms with van der Waals surface area (Å²) in [5.41, 5.74) is 1.13. The Morgan fingerprint density at radius 3 is 2.50 bits per heavy atom. The van der Waals surface area contributed by atoms with Crippen molar-refractivity contribution in [3.05, 3.63) is 47.0 Å². The Hall–Kier alpha value is -0.790. The average molecular weight is 228 g/mol. The van der Waals surface area contributed by atoms with Crippen LogP contribution in [-0.2, 0) is 6.54 Å². The summed E-state index contributed by atoms with van der Waals surface area (Å²) in [7, 11) is 0. The van der Waals surface area contributed by atoms with E-state index in [0.29, 0.717) is 16.7 Å². The van der Waals surface area contributed by atoms with E-state index < -0.39 is 0 Å². The molecule has 1 rings (SSSR count). The van der Waals surface area contributed by atoms with Crippen LogP contribution >= 0.6 is 23.2 Å². The fourth-order valence-corrected chi connectivity index (χ4v) is 1.34. The van der Waals surface area contributed by atoms with Gasteiger partial charge in [-0.2, -0.15) is 0 Å². The van der Waals surface area contributed by atoms with Crippen molar-refractivity contribution in [3.63, 3.8) is 0 Å². The summed E-state index contributed by atoms with van der Waals surface area (Å²) in [6, 6.07) is 9.93. The summed E-state index contributed by atoms with van der Waals surface area (Å²) in [6.07, 6.45) is 1.63. The van der Waals surface area contributed by atoms with E-state index in [4.69, 9.17) is 23.2 Å². The minimum absolute atomic E-state index is 0.432. The largest absolute Gasteiger partial charge is 0.268 e. The molecule has 0 fully saturated rings. The molecule has 0 spiro atoms. The SMILES string of the molecule is C/C(Cl)=C\C(Cl)=NCc1ccccc1. The minimum Gasteiger partial charge on any atom is -0.268 e. The highest BCUT2D eigenvalue weighted by molar-refractivity contribution is 6.68. The quantitative estimate of drug-likeness (QED) is 0.694. The molecular formula is C11H11Cl2N. The van der Waals surface area contributed by atoms with Crippen LogP contribution in [0.1, 0.15) is 12.5 Å². The van der Waals surface area contributed by atoms with E-state index in [1.165, 1.54) is 0 Å². The van der Waals surface area contributed by atoms with E-state index in [1.54, 1.807) is 13.0 Å². The van der Waals surface area contributed by atoms with Crippen molar-refractivity contribution in [2.45, 2.75) is 13.5 Å². The van der Waals surface area contributed by atoms with Gasteiger partial charge in [0, 0.05) is 5.03 Å². The number of hydrogen-bond acceptors (Lipinski definition) is 1. The topological polar surface area (TPSA) is 12.4 Å². The monoisotopic (exact) mass is 227 g/mol. The highest BCUT2D eigenvalue weighted by Gasteiger charge is 1.91. The Kier molecular flexibility index (Phi) is 4.71. The van der Waals surface area contributed by atoms with Crippen molar-refractivity contribution in [2.24, 2.45) is 4.99 Å². The number of halogens is 2. The molecule has 0 aromatic heterocycles. The second kappa shape index (κ2) is 5.84. The predicted molar refractivity (Wildman–Crippen MR) is 63.0 cm³/mol. The van der Waals surface area contributed by atoms with Crippen molar-refractivity contribution >= 4 is 28.4 Å². The molecule has 0 radical (unpaired) electrons. The zero-order chi connectivity index (χ0) is 10.4. The number of nitrogens with zero attached hydrogens (tertiary/aromatic N) is 1. The number of allylic oxidation sites excluding steroid dienone is 2. The summed E-state index contributed by atoms with van der Waals surface area (Å²) in [5.74, 6) is 0. The normalized spacial score (nSPS) is 13.1. The van der Waals surface area contributed by atoms with E-state index in [2.05, 4.69) is 4.99 Å². The maximum atomic E-state index is 5.81. The lowest BCUT2D eigenvalue weighted by atomic mass is 10.2. The molecule has 0 unspecified atom stereocenters. The van der Waals surface area contributed by atoms with Gasteiger partial charge in [0.25, 0.3) is 0 Å². The van der Waals surface area contributed by atoms with Crippen LogP contribution in [0.15, 0.2) is 46.4 Å². The van der Waals surface area contributed by atoms with E-state index in [9.17, 15) is 0 Å². The minimum atomic E-state index is 0.432. The third kappa shape index (κ3) is 4.45. The van der Waals surface area contributed by atoms with E-state index in [-0.39, 0.29) is 0 Å². The molecule has 0 amide bonds. The molecule has 0 aliphatic heterocycles. The first-order chi connectivity index (χ1) is 6.68. The average Bonchev–Trinajstić information content (AvgIpc) is 2.15. The van der Waals surface area contributed by atoms with Crippen molar-refractivity contribution in [1.29, 1.82) is 0 Å². The molecule has 0 N–H and O–H groups in total. The van der Waals surface area contributed by atoms with Crippen LogP contribution in [-0.4, -0.2) is 5.17 Å². The number of aliphatic imine (C=N–C) groups is 1. The highest BCUT2D eigenvalue weighted by atomic mass is 35.5. The molecule has 3 heteroatoms. The van der Waals surface area contributed by atoms with Crippen LogP contribution in [0.4, 0.5) is 0 Å². The fraction of sp³-hybridized carbons (Fsp3) is 0.182. The van der Waals surface area contributed by atoms with Gasteiger partial charge in [0.2, 0.25) is 0 Å². The predicted octanol–water partition coefficient (Wildman–Crippen LogP) is 3.97. The molecule has 1 aromatic rings. The number of hydrogen-bond donors (Lipinski definition) is 0. The Morgan fingerprint density at radius 1 is 1.29 bits per heavy atom. The van der Waals surface area contributed by atoms with Crippen molar-refractivity contribution < 1.29 is 0 Å². The third-order valence-electron chi connectivity index (χ3n) is 1.57.